The second-order valence-corrected chi connectivity index (χ2v) is 7.34. The molecule has 0 saturated carbocycles. The van der Waals surface area contributed by atoms with Gasteiger partial charge in [-0.3, -0.25) is 14.7 Å². The van der Waals surface area contributed by atoms with Gasteiger partial charge in [-0.05, 0) is 24.3 Å². The summed E-state index contributed by atoms with van der Waals surface area (Å²) in [5, 5.41) is 15.7. The number of urea groups is 1. The second kappa shape index (κ2) is 8.45. The maximum atomic E-state index is 11.8. The molecular formula is C15H19N5O3S2. The Bertz CT molecular complexity index is 726. The molecule has 1 aliphatic rings. The lowest BCUT2D eigenvalue weighted by atomic mass is 10.2. The molecule has 0 bridgehead atoms. The number of carbonyl (C=O) groups excluding carboxylic acids is 2. The van der Waals surface area contributed by atoms with Gasteiger partial charge >= 0.3 is 6.03 Å². The number of hydrogen-bond acceptors (Lipinski definition) is 7. The number of amides is 3. The maximum Gasteiger partial charge on any atom is 0.321 e. The standard InChI is InChI=1S/C15H19N5O3S2/c1-16-14(22)17-12(21)9-25-15-19-18-13(11-5-3-7-24-11)20(15)8-10-4-2-6-23-10/h3,5,7,10H,2,4,6,8-9H2,1H3,(H2,16,17,21,22)/t10-/m1/s1. The quantitative estimate of drug-likeness (QED) is 0.740. The molecular weight excluding hydrogens is 362 g/mol. The van der Waals surface area contributed by atoms with E-state index in [0.717, 1.165) is 30.2 Å². The van der Waals surface area contributed by atoms with Crippen molar-refractivity contribution < 1.29 is 14.3 Å². The highest BCUT2D eigenvalue weighted by atomic mass is 32.2. The van der Waals surface area contributed by atoms with Crippen LogP contribution >= 0.6 is 23.1 Å². The largest absolute Gasteiger partial charge is 0.376 e. The van der Waals surface area contributed by atoms with Crippen LogP contribution in [-0.4, -0.2) is 52.2 Å². The predicted molar refractivity (Wildman–Crippen MR) is 95.6 cm³/mol. The molecule has 25 heavy (non-hydrogen) atoms. The van der Waals surface area contributed by atoms with Crippen molar-refractivity contribution in [3.8, 4) is 10.7 Å². The summed E-state index contributed by atoms with van der Waals surface area (Å²) in [6, 6.07) is 3.44. The van der Waals surface area contributed by atoms with Crippen molar-refractivity contribution in [1.29, 1.82) is 0 Å². The Morgan fingerprint density at radius 1 is 1.48 bits per heavy atom. The fourth-order valence-corrected chi connectivity index (χ4v) is 3.96. The first-order valence-electron chi connectivity index (χ1n) is 7.90. The van der Waals surface area contributed by atoms with Gasteiger partial charge in [-0.15, -0.1) is 21.5 Å². The molecule has 8 nitrogen and oxygen atoms in total. The summed E-state index contributed by atoms with van der Waals surface area (Å²) in [6.45, 7) is 1.43. The van der Waals surface area contributed by atoms with Gasteiger partial charge in [-0.25, -0.2) is 4.79 Å². The van der Waals surface area contributed by atoms with E-state index in [9.17, 15) is 9.59 Å². The summed E-state index contributed by atoms with van der Waals surface area (Å²) in [5.41, 5.74) is 0. The summed E-state index contributed by atoms with van der Waals surface area (Å²) in [5.74, 6) is 0.482. The number of rotatable bonds is 6. The molecule has 1 aliphatic heterocycles. The third kappa shape index (κ3) is 4.59. The Hall–Kier alpha value is -1.91. The first-order chi connectivity index (χ1) is 12.2. The molecule has 10 heteroatoms. The molecule has 2 aromatic rings. The lowest BCUT2D eigenvalue weighted by molar-refractivity contribution is -0.117. The van der Waals surface area contributed by atoms with E-state index in [-0.39, 0.29) is 17.8 Å². The van der Waals surface area contributed by atoms with E-state index in [1.54, 1.807) is 11.3 Å². The fourth-order valence-electron chi connectivity index (χ4n) is 2.50. The molecule has 0 aliphatic carbocycles. The summed E-state index contributed by atoms with van der Waals surface area (Å²) in [6.07, 6.45) is 2.19. The zero-order valence-electron chi connectivity index (χ0n) is 13.7. The molecule has 1 fully saturated rings. The average Bonchev–Trinajstić information content (AvgIpc) is 3.35. The normalized spacial score (nSPS) is 16.8. The third-order valence-electron chi connectivity index (χ3n) is 3.68. The van der Waals surface area contributed by atoms with Crippen molar-refractivity contribution >= 4 is 35.0 Å². The number of aromatic nitrogens is 3. The maximum absolute atomic E-state index is 11.8. The monoisotopic (exact) mass is 381 g/mol. The number of carbonyl (C=O) groups is 2. The van der Waals surface area contributed by atoms with E-state index in [0.29, 0.717) is 11.7 Å². The van der Waals surface area contributed by atoms with Crippen LogP contribution in [0.2, 0.25) is 0 Å². The van der Waals surface area contributed by atoms with E-state index in [2.05, 4.69) is 20.8 Å². The van der Waals surface area contributed by atoms with Gasteiger partial charge in [0.1, 0.15) is 0 Å². The van der Waals surface area contributed by atoms with Crippen LogP contribution in [-0.2, 0) is 16.1 Å². The highest BCUT2D eigenvalue weighted by molar-refractivity contribution is 7.99. The van der Waals surface area contributed by atoms with Crippen LogP contribution in [0.15, 0.2) is 22.7 Å². The van der Waals surface area contributed by atoms with E-state index in [1.807, 2.05) is 22.1 Å². The number of thioether (sulfide) groups is 1. The first kappa shape index (κ1) is 17.9. The van der Waals surface area contributed by atoms with Crippen molar-refractivity contribution in [3.63, 3.8) is 0 Å². The molecule has 0 aromatic carbocycles. The van der Waals surface area contributed by atoms with Crippen LogP contribution in [0.4, 0.5) is 4.79 Å². The van der Waals surface area contributed by atoms with Crippen molar-refractivity contribution in [2.75, 3.05) is 19.4 Å². The molecule has 3 heterocycles. The van der Waals surface area contributed by atoms with Gasteiger partial charge in [0.15, 0.2) is 11.0 Å². The van der Waals surface area contributed by atoms with Crippen molar-refractivity contribution in [3.05, 3.63) is 17.5 Å². The fraction of sp³-hybridized carbons (Fsp3) is 0.467. The van der Waals surface area contributed by atoms with Crippen molar-refractivity contribution in [2.45, 2.75) is 30.6 Å². The Labute approximate surface area is 153 Å². The highest BCUT2D eigenvalue weighted by Gasteiger charge is 2.22. The predicted octanol–water partition coefficient (Wildman–Crippen LogP) is 1.73. The van der Waals surface area contributed by atoms with Crippen LogP contribution in [0.25, 0.3) is 10.7 Å². The summed E-state index contributed by atoms with van der Waals surface area (Å²) >= 11 is 2.85. The van der Waals surface area contributed by atoms with Crippen molar-refractivity contribution in [1.82, 2.24) is 25.4 Å². The van der Waals surface area contributed by atoms with Gasteiger partial charge in [-0.1, -0.05) is 17.8 Å². The molecule has 0 unspecified atom stereocenters. The molecule has 1 atom stereocenters. The Kier molecular flexibility index (Phi) is 6.05. The summed E-state index contributed by atoms with van der Waals surface area (Å²) in [4.78, 5) is 24.0. The van der Waals surface area contributed by atoms with E-state index < -0.39 is 6.03 Å². The Morgan fingerprint density at radius 3 is 3.04 bits per heavy atom. The number of nitrogens with one attached hydrogen (secondary N) is 2. The molecule has 3 rings (SSSR count). The van der Waals surface area contributed by atoms with Crippen molar-refractivity contribution in [2.24, 2.45) is 0 Å². The Balaban J connectivity index is 1.73. The topological polar surface area (TPSA) is 98.1 Å². The van der Waals surface area contributed by atoms with Gasteiger partial charge < -0.3 is 10.1 Å². The average molecular weight is 381 g/mol. The molecule has 0 spiro atoms. The summed E-state index contributed by atoms with van der Waals surface area (Å²) in [7, 11) is 1.46. The summed E-state index contributed by atoms with van der Waals surface area (Å²) < 4.78 is 7.73. The minimum absolute atomic E-state index is 0.0848. The number of thiophene rings is 1. The minimum Gasteiger partial charge on any atom is -0.376 e. The zero-order valence-corrected chi connectivity index (χ0v) is 15.4. The molecule has 0 radical (unpaired) electrons. The van der Waals surface area contributed by atoms with E-state index in [1.165, 1.54) is 18.8 Å². The molecule has 134 valence electrons. The van der Waals surface area contributed by atoms with Gasteiger partial charge in [0.25, 0.3) is 0 Å². The van der Waals surface area contributed by atoms with Crippen LogP contribution in [0.3, 0.4) is 0 Å². The van der Waals surface area contributed by atoms with Crippen LogP contribution in [0, 0.1) is 0 Å². The number of nitrogens with zero attached hydrogens (tertiary/aromatic N) is 3. The van der Waals surface area contributed by atoms with Gasteiger partial charge in [0.2, 0.25) is 5.91 Å². The van der Waals surface area contributed by atoms with E-state index >= 15 is 0 Å². The second-order valence-electron chi connectivity index (χ2n) is 5.45. The molecule has 1 saturated heterocycles. The van der Waals surface area contributed by atoms with Crippen LogP contribution in [0.1, 0.15) is 12.8 Å². The first-order valence-corrected chi connectivity index (χ1v) is 9.77. The zero-order chi connectivity index (χ0) is 17.6. The lowest BCUT2D eigenvalue weighted by Crippen LogP contribution is -2.38. The SMILES string of the molecule is CNC(=O)NC(=O)CSc1nnc(-c2cccs2)n1C[C@H]1CCCO1. The van der Waals surface area contributed by atoms with Crippen LogP contribution in [0.5, 0.6) is 0 Å². The van der Waals surface area contributed by atoms with Gasteiger partial charge in [0, 0.05) is 13.7 Å². The third-order valence-corrected chi connectivity index (χ3v) is 5.51. The number of imide groups is 1. The number of hydrogen-bond donors (Lipinski definition) is 2. The molecule has 2 aromatic heterocycles. The number of ether oxygens (including phenoxy) is 1. The minimum atomic E-state index is -0.523. The van der Waals surface area contributed by atoms with Crippen LogP contribution < -0.4 is 10.6 Å². The lowest BCUT2D eigenvalue weighted by Gasteiger charge is -2.14. The highest BCUT2D eigenvalue weighted by Crippen LogP contribution is 2.28. The molecule has 3 amide bonds. The molecule has 2 N–H and O–H groups in total. The smallest absolute Gasteiger partial charge is 0.321 e. The Morgan fingerprint density at radius 2 is 2.36 bits per heavy atom. The van der Waals surface area contributed by atoms with Gasteiger partial charge in [-0.2, -0.15) is 0 Å². The van der Waals surface area contributed by atoms with E-state index in [4.69, 9.17) is 4.74 Å². The van der Waals surface area contributed by atoms with Gasteiger partial charge in [0.05, 0.1) is 23.3 Å².